The third-order valence-electron chi connectivity index (χ3n) is 3.35. The Labute approximate surface area is 79.7 Å². The van der Waals surface area contributed by atoms with E-state index in [-0.39, 0.29) is 0 Å². The SMILES string of the molecule is CC1CCSCC(C2(C)CC2)N1. The molecule has 0 spiro atoms. The third-order valence-corrected chi connectivity index (χ3v) is 4.44. The number of rotatable bonds is 1. The Morgan fingerprint density at radius 3 is 2.83 bits per heavy atom. The van der Waals surface area contributed by atoms with Gasteiger partial charge in [-0.3, -0.25) is 0 Å². The Hall–Kier alpha value is 0.310. The average molecular weight is 185 g/mol. The zero-order valence-corrected chi connectivity index (χ0v) is 8.91. The van der Waals surface area contributed by atoms with Crippen molar-refractivity contribution < 1.29 is 0 Å². The van der Waals surface area contributed by atoms with Crippen LogP contribution in [0, 0.1) is 5.41 Å². The van der Waals surface area contributed by atoms with Crippen molar-refractivity contribution in [1.29, 1.82) is 0 Å². The van der Waals surface area contributed by atoms with Crippen LogP contribution in [0.25, 0.3) is 0 Å². The first kappa shape index (κ1) is 8.89. The minimum absolute atomic E-state index is 0.658. The predicted octanol–water partition coefficient (Wildman–Crippen LogP) is 2.27. The molecule has 2 aliphatic rings. The molecule has 1 N–H and O–H groups in total. The smallest absolute Gasteiger partial charge is 0.0214 e. The lowest BCUT2D eigenvalue weighted by Crippen LogP contribution is -2.42. The fraction of sp³-hybridized carbons (Fsp3) is 1.00. The Morgan fingerprint density at radius 1 is 1.42 bits per heavy atom. The minimum Gasteiger partial charge on any atom is -0.310 e. The average Bonchev–Trinajstić information content (AvgIpc) is 2.77. The highest BCUT2D eigenvalue weighted by Crippen LogP contribution is 2.49. The summed E-state index contributed by atoms with van der Waals surface area (Å²) in [7, 11) is 0. The maximum absolute atomic E-state index is 3.76. The molecule has 0 radical (unpaired) electrons. The summed E-state index contributed by atoms with van der Waals surface area (Å²) in [6.45, 7) is 4.76. The molecule has 2 atom stereocenters. The number of hydrogen-bond acceptors (Lipinski definition) is 2. The van der Waals surface area contributed by atoms with Crippen molar-refractivity contribution in [2.75, 3.05) is 11.5 Å². The summed E-state index contributed by atoms with van der Waals surface area (Å²) in [5.74, 6) is 2.68. The van der Waals surface area contributed by atoms with Gasteiger partial charge in [-0.1, -0.05) is 6.92 Å². The van der Waals surface area contributed by atoms with Gasteiger partial charge in [0.25, 0.3) is 0 Å². The van der Waals surface area contributed by atoms with Gasteiger partial charge in [-0.15, -0.1) is 0 Å². The highest BCUT2D eigenvalue weighted by atomic mass is 32.2. The Kier molecular flexibility index (Phi) is 2.39. The molecule has 1 saturated carbocycles. The fourth-order valence-electron chi connectivity index (χ4n) is 1.88. The van der Waals surface area contributed by atoms with Crippen molar-refractivity contribution in [3.63, 3.8) is 0 Å². The molecular weight excluding hydrogens is 166 g/mol. The molecule has 1 aliphatic heterocycles. The molecule has 2 fully saturated rings. The van der Waals surface area contributed by atoms with Crippen LogP contribution >= 0.6 is 11.8 Å². The van der Waals surface area contributed by atoms with Crippen LogP contribution < -0.4 is 5.32 Å². The summed E-state index contributed by atoms with van der Waals surface area (Å²) in [6, 6.07) is 1.53. The summed E-state index contributed by atoms with van der Waals surface area (Å²) in [4.78, 5) is 0. The zero-order valence-electron chi connectivity index (χ0n) is 8.10. The second-order valence-corrected chi connectivity index (χ2v) is 5.79. The number of thioether (sulfide) groups is 1. The van der Waals surface area contributed by atoms with Gasteiger partial charge in [0.2, 0.25) is 0 Å². The van der Waals surface area contributed by atoms with Crippen molar-refractivity contribution >= 4 is 11.8 Å². The second-order valence-electron chi connectivity index (χ2n) is 4.64. The molecular formula is C10H19NS. The van der Waals surface area contributed by atoms with Crippen LogP contribution in [0.3, 0.4) is 0 Å². The first-order valence-corrected chi connectivity index (χ1v) is 6.20. The summed E-state index contributed by atoms with van der Waals surface area (Å²) in [5, 5.41) is 3.76. The lowest BCUT2D eigenvalue weighted by Gasteiger charge is -2.25. The molecule has 0 bridgehead atoms. The van der Waals surface area contributed by atoms with Gasteiger partial charge in [0.1, 0.15) is 0 Å². The highest BCUT2D eigenvalue weighted by Gasteiger charge is 2.45. The molecule has 2 unspecified atom stereocenters. The van der Waals surface area contributed by atoms with E-state index in [2.05, 4.69) is 30.9 Å². The van der Waals surface area contributed by atoms with E-state index < -0.39 is 0 Å². The Bertz CT molecular complexity index is 165. The molecule has 0 aromatic carbocycles. The molecule has 1 nitrogen and oxygen atoms in total. The van der Waals surface area contributed by atoms with Gasteiger partial charge in [-0.05, 0) is 37.4 Å². The van der Waals surface area contributed by atoms with E-state index >= 15 is 0 Å². The van der Waals surface area contributed by atoms with Gasteiger partial charge in [0, 0.05) is 17.8 Å². The van der Waals surface area contributed by atoms with Gasteiger partial charge in [0.15, 0.2) is 0 Å². The largest absolute Gasteiger partial charge is 0.310 e. The van der Waals surface area contributed by atoms with Crippen LogP contribution in [-0.2, 0) is 0 Å². The van der Waals surface area contributed by atoms with Crippen LogP contribution in [0.4, 0.5) is 0 Å². The lowest BCUT2D eigenvalue weighted by molar-refractivity contribution is 0.354. The molecule has 1 heterocycles. The molecule has 2 rings (SSSR count). The number of hydrogen-bond donors (Lipinski definition) is 1. The van der Waals surface area contributed by atoms with Crippen molar-refractivity contribution in [3.05, 3.63) is 0 Å². The first-order valence-electron chi connectivity index (χ1n) is 5.04. The maximum atomic E-state index is 3.76. The Morgan fingerprint density at radius 2 is 2.17 bits per heavy atom. The van der Waals surface area contributed by atoms with Crippen molar-refractivity contribution in [2.24, 2.45) is 5.41 Å². The summed E-state index contributed by atoms with van der Waals surface area (Å²) in [6.07, 6.45) is 4.23. The molecule has 12 heavy (non-hydrogen) atoms. The van der Waals surface area contributed by atoms with Crippen molar-refractivity contribution in [2.45, 2.75) is 45.2 Å². The van der Waals surface area contributed by atoms with E-state index in [1.54, 1.807) is 0 Å². The van der Waals surface area contributed by atoms with E-state index in [0.717, 1.165) is 12.1 Å². The van der Waals surface area contributed by atoms with E-state index in [9.17, 15) is 0 Å². The molecule has 2 heteroatoms. The summed E-state index contributed by atoms with van der Waals surface area (Å²) >= 11 is 2.13. The van der Waals surface area contributed by atoms with E-state index in [0.29, 0.717) is 5.41 Å². The maximum Gasteiger partial charge on any atom is 0.0214 e. The van der Waals surface area contributed by atoms with E-state index in [1.807, 2.05) is 0 Å². The third kappa shape index (κ3) is 1.80. The number of nitrogens with one attached hydrogen (secondary N) is 1. The van der Waals surface area contributed by atoms with E-state index in [4.69, 9.17) is 0 Å². The predicted molar refractivity (Wildman–Crippen MR) is 55.7 cm³/mol. The van der Waals surface area contributed by atoms with Gasteiger partial charge in [0.05, 0.1) is 0 Å². The molecule has 70 valence electrons. The topological polar surface area (TPSA) is 12.0 Å². The van der Waals surface area contributed by atoms with E-state index in [1.165, 1.54) is 30.8 Å². The quantitative estimate of drug-likeness (QED) is 0.672. The van der Waals surface area contributed by atoms with Crippen LogP contribution in [0.5, 0.6) is 0 Å². The van der Waals surface area contributed by atoms with Gasteiger partial charge in [-0.2, -0.15) is 11.8 Å². The lowest BCUT2D eigenvalue weighted by atomic mass is 10.00. The van der Waals surface area contributed by atoms with Crippen LogP contribution in [0.1, 0.15) is 33.1 Å². The molecule has 0 amide bonds. The summed E-state index contributed by atoms with van der Waals surface area (Å²) < 4.78 is 0. The summed E-state index contributed by atoms with van der Waals surface area (Å²) in [5.41, 5.74) is 0.658. The fourth-order valence-corrected chi connectivity index (χ4v) is 3.31. The first-order chi connectivity index (χ1) is 5.71. The van der Waals surface area contributed by atoms with Crippen LogP contribution in [-0.4, -0.2) is 23.6 Å². The monoisotopic (exact) mass is 185 g/mol. The van der Waals surface area contributed by atoms with Crippen LogP contribution in [0.15, 0.2) is 0 Å². The van der Waals surface area contributed by atoms with Crippen molar-refractivity contribution in [3.8, 4) is 0 Å². The Balaban J connectivity index is 1.95. The van der Waals surface area contributed by atoms with Gasteiger partial charge < -0.3 is 5.32 Å². The highest BCUT2D eigenvalue weighted by molar-refractivity contribution is 7.99. The zero-order chi connectivity index (χ0) is 8.60. The second kappa shape index (κ2) is 3.22. The van der Waals surface area contributed by atoms with Crippen molar-refractivity contribution in [1.82, 2.24) is 5.32 Å². The van der Waals surface area contributed by atoms with Gasteiger partial charge in [-0.25, -0.2) is 0 Å². The standard InChI is InChI=1S/C10H19NS/c1-8-3-6-12-7-9(11-8)10(2)4-5-10/h8-9,11H,3-7H2,1-2H3. The van der Waals surface area contributed by atoms with Gasteiger partial charge >= 0.3 is 0 Å². The minimum atomic E-state index is 0.658. The molecule has 0 aromatic rings. The molecule has 0 aromatic heterocycles. The molecule has 1 aliphatic carbocycles. The van der Waals surface area contributed by atoms with Crippen LogP contribution in [0.2, 0.25) is 0 Å². The normalized spacial score (nSPS) is 40.5. The molecule has 1 saturated heterocycles.